The standard InChI is InChI=1S/2C5H12O4.C4H5NO3/c2*6-1-5(2-7,3-8)4-9;1-2(3(5)6)4(7)8/h2*6-9H,1-4H2;1H2,(H2,5,6)(H,7,8). The van der Waals surface area contributed by atoms with Crippen LogP contribution in [0.1, 0.15) is 0 Å². The Morgan fingerprint density at radius 1 is 0.654 bits per heavy atom. The minimum Gasteiger partial charge on any atom is -0.478 e. The highest BCUT2D eigenvalue weighted by atomic mass is 16.4. The van der Waals surface area contributed by atoms with Crippen molar-refractivity contribution in [3.8, 4) is 0 Å². The Morgan fingerprint density at radius 2 is 0.846 bits per heavy atom. The van der Waals surface area contributed by atoms with Crippen LogP contribution in [-0.2, 0) is 9.59 Å². The first-order chi connectivity index (χ1) is 12.0. The van der Waals surface area contributed by atoms with Crippen LogP contribution in [0.15, 0.2) is 12.2 Å². The molecule has 0 radical (unpaired) electrons. The maximum Gasteiger partial charge on any atom is 0.340 e. The van der Waals surface area contributed by atoms with Crippen molar-refractivity contribution >= 4 is 11.9 Å². The normalized spacial score (nSPS) is 10.8. The number of primary amides is 1. The summed E-state index contributed by atoms with van der Waals surface area (Å²) in [5, 5.41) is 75.9. The van der Waals surface area contributed by atoms with Crippen LogP contribution in [0.4, 0.5) is 0 Å². The van der Waals surface area contributed by atoms with Gasteiger partial charge in [0.1, 0.15) is 5.57 Å². The summed E-state index contributed by atoms with van der Waals surface area (Å²) in [6, 6.07) is 0. The number of carboxylic acid groups (broad SMARTS) is 1. The third-order valence-electron chi connectivity index (χ3n) is 3.24. The van der Waals surface area contributed by atoms with Crippen LogP contribution in [0.2, 0.25) is 0 Å². The van der Waals surface area contributed by atoms with Crippen LogP contribution < -0.4 is 5.73 Å². The number of nitrogens with two attached hydrogens (primary N) is 1. The van der Waals surface area contributed by atoms with Crippen LogP contribution in [0, 0.1) is 10.8 Å². The van der Waals surface area contributed by atoms with Crippen LogP contribution in [0.3, 0.4) is 0 Å². The molecule has 12 heteroatoms. The second-order valence-electron chi connectivity index (χ2n) is 5.41. The smallest absolute Gasteiger partial charge is 0.340 e. The number of carbonyl (C=O) groups is 2. The lowest BCUT2D eigenvalue weighted by atomic mass is 9.93. The number of aliphatic carboxylic acids is 1. The summed E-state index contributed by atoms with van der Waals surface area (Å²) in [4.78, 5) is 19.6. The number of hydrogen-bond acceptors (Lipinski definition) is 10. The lowest BCUT2D eigenvalue weighted by Crippen LogP contribution is -2.37. The Kier molecular flexibility index (Phi) is 17.5. The molecule has 156 valence electrons. The molecule has 0 fully saturated rings. The van der Waals surface area contributed by atoms with E-state index in [0.717, 1.165) is 0 Å². The van der Waals surface area contributed by atoms with Crippen LogP contribution in [0.5, 0.6) is 0 Å². The van der Waals surface area contributed by atoms with Crippen molar-refractivity contribution < 1.29 is 55.5 Å². The van der Waals surface area contributed by atoms with Crippen molar-refractivity contribution in [2.45, 2.75) is 0 Å². The summed E-state index contributed by atoms with van der Waals surface area (Å²) >= 11 is 0. The predicted molar refractivity (Wildman–Crippen MR) is 87.5 cm³/mol. The first kappa shape index (κ1) is 29.1. The molecule has 0 aromatic heterocycles. The number of amides is 1. The van der Waals surface area contributed by atoms with Crippen LogP contribution in [0.25, 0.3) is 0 Å². The van der Waals surface area contributed by atoms with E-state index in [9.17, 15) is 9.59 Å². The summed E-state index contributed by atoms with van der Waals surface area (Å²) in [6.45, 7) is -0.370. The summed E-state index contributed by atoms with van der Waals surface area (Å²) in [6.07, 6.45) is 0. The molecule has 0 spiro atoms. The van der Waals surface area contributed by atoms with Gasteiger partial charge in [-0.1, -0.05) is 6.58 Å². The fourth-order valence-corrected chi connectivity index (χ4v) is 0.705. The number of carbonyl (C=O) groups excluding carboxylic acids is 1. The lowest BCUT2D eigenvalue weighted by Gasteiger charge is -2.23. The van der Waals surface area contributed by atoms with E-state index in [2.05, 4.69) is 12.3 Å². The highest BCUT2D eigenvalue weighted by Crippen LogP contribution is 2.12. The lowest BCUT2D eigenvalue weighted by molar-refractivity contribution is -0.134. The zero-order valence-corrected chi connectivity index (χ0v) is 14.3. The number of carboxylic acids is 1. The van der Waals surface area contributed by atoms with Crippen molar-refractivity contribution in [2.24, 2.45) is 16.6 Å². The average Bonchev–Trinajstić information content (AvgIpc) is 2.66. The Labute approximate surface area is 150 Å². The summed E-state index contributed by atoms with van der Waals surface area (Å²) in [5.74, 6) is -2.38. The molecule has 1 amide bonds. The first-order valence-corrected chi connectivity index (χ1v) is 7.13. The van der Waals surface area contributed by atoms with E-state index >= 15 is 0 Å². The van der Waals surface area contributed by atoms with Crippen LogP contribution >= 0.6 is 0 Å². The van der Waals surface area contributed by atoms with E-state index in [4.69, 9.17) is 46.0 Å². The van der Waals surface area contributed by atoms with Crippen molar-refractivity contribution in [1.82, 2.24) is 0 Å². The van der Waals surface area contributed by atoms with Gasteiger partial charge in [0.25, 0.3) is 5.91 Å². The third kappa shape index (κ3) is 11.1. The highest BCUT2D eigenvalue weighted by molar-refractivity contribution is 6.14. The first-order valence-electron chi connectivity index (χ1n) is 7.13. The van der Waals surface area contributed by atoms with Crippen molar-refractivity contribution in [3.05, 3.63) is 12.2 Å². The average molecular weight is 387 g/mol. The minimum absolute atomic E-state index is 0.406. The van der Waals surface area contributed by atoms with E-state index in [1.165, 1.54) is 0 Å². The summed E-state index contributed by atoms with van der Waals surface area (Å²) < 4.78 is 0. The summed E-state index contributed by atoms with van der Waals surface area (Å²) in [5.41, 5.74) is 1.70. The number of aliphatic hydroxyl groups is 8. The largest absolute Gasteiger partial charge is 0.478 e. The quantitative estimate of drug-likeness (QED) is 0.0965. The maximum absolute atomic E-state index is 9.88. The molecular weight excluding hydrogens is 358 g/mol. The molecule has 0 atom stereocenters. The van der Waals surface area contributed by atoms with Gasteiger partial charge in [-0.3, -0.25) is 4.79 Å². The van der Waals surface area contributed by atoms with Crippen molar-refractivity contribution in [3.63, 3.8) is 0 Å². The van der Waals surface area contributed by atoms with Gasteiger partial charge >= 0.3 is 5.97 Å². The zero-order valence-electron chi connectivity index (χ0n) is 14.3. The molecule has 0 saturated heterocycles. The van der Waals surface area contributed by atoms with Gasteiger partial charge in [-0.15, -0.1) is 0 Å². The molecule has 0 aromatic carbocycles. The SMILES string of the molecule is C=C(C(N)=O)C(=O)O.OCC(CO)(CO)CO.OCC(CO)(CO)CO. The number of aliphatic hydroxyl groups excluding tert-OH is 8. The molecule has 0 aliphatic heterocycles. The molecule has 0 bridgehead atoms. The minimum atomic E-state index is -1.38. The fourth-order valence-electron chi connectivity index (χ4n) is 0.705. The molecule has 0 heterocycles. The Balaban J connectivity index is -0.000000306. The Hall–Kier alpha value is -1.64. The van der Waals surface area contributed by atoms with Crippen molar-refractivity contribution in [1.29, 1.82) is 0 Å². The van der Waals surface area contributed by atoms with E-state index < -0.39 is 81.1 Å². The zero-order chi connectivity index (χ0) is 21.4. The highest BCUT2D eigenvalue weighted by Gasteiger charge is 2.27. The molecule has 0 unspecified atom stereocenters. The molecular formula is C14H29NO11. The number of hydrogen-bond donors (Lipinski definition) is 10. The van der Waals surface area contributed by atoms with E-state index in [1.54, 1.807) is 0 Å². The van der Waals surface area contributed by atoms with Gasteiger partial charge in [0.05, 0.1) is 63.7 Å². The van der Waals surface area contributed by atoms with Gasteiger partial charge in [0.15, 0.2) is 0 Å². The van der Waals surface area contributed by atoms with E-state index in [0.29, 0.717) is 0 Å². The van der Waals surface area contributed by atoms with Crippen LogP contribution in [-0.4, -0.2) is 111 Å². The van der Waals surface area contributed by atoms with E-state index in [-0.39, 0.29) is 0 Å². The third-order valence-corrected chi connectivity index (χ3v) is 3.24. The number of rotatable bonds is 10. The molecule has 0 saturated carbocycles. The topological polar surface area (TPSA) is 242 Å². The van der Waals surface area contributed by atoms with Crippen molar-refractivity contribution in [2.75, 3.05) is 52.9 Å². The summed E-state index contributed by atoms with van der Waals surface area (Å²) in [7, 11) is 0. The molecule has 0 aliphatic rings. The second-order valence-corrected chi connectivity index (χ2v) is 5.41. The molecule has 26 heavy (non-hydrogen) atoms. The molecule has 11 N–H and O–H groups in total. The fraction of sp³-hybridized carbons (Fsp3) is 0.714. The maximum atomic E-state index is 9.88. The van der Waals surface area contributed by atoms with Gasteiger partial charge < -0.3 is 51.7 Å². The van der Waals surface area contributed by atoms with Gasteiger partial charge in [-0.05, 0) is 0 Å². The van der Waals surface area contributed by atoms with E-state index in [1.807, 2.05) is 0 Å². The molecule has 0 rings (SSSR count). The van der Waals surface area contributed by atoms with Gasteiger partial charge in [0.2, 0.25) is 0 Å². The Morgan fingerprint density at radius 3 is 0.846 bits per heavy atom. The Bertz CT molecular complexity index is 335. The predicted octanol–water partition coefficient (Wildman–Crippen LogP) is -5.00. The molecule has 0 aliphatic carbocycles. The van der Waals surface area contributed by atoms with Gasteiger partial charge in [0, 0.05) is 0 Å². The second kappa shape index (κ2) is 15.6. The van der Waals surface area contributed by atoms with Gasteiger partial charge in [-0.25, -0.2) is 4.79 Å². The molecule has 12 nitrogen and oxygen atoms in total. The monoisotopic (exact) mass is 387 g/mol. The van der Waals surface area contributed by atoms with Gasteiger partial charge in [-0.2, -0.15) is 0 Å². The molecule has 0 aromatic rings.